The van der Waals surface area contributed by atoms with E-state index in [0.29, 0.717) is 5.92 Å². The van der Waals surface area contributed by atoms with E-state index in [2.05, 4.69) is 19.2 Å². The van der Waals surface area contributed by atoms with Crippen LogP contribution < -0.4 is 5.32 Å². The molecule has 1 rings (SSSR count). The minimum Gasteiger partial charge on any atom is -0.472 e. The summed E-state index contributed by atoms with van der Waals surface area (Å²) < 4.78 is 5.07. The first-order valence-electron chi connectivity index (χ1n) is 6.41. The van der Waals surface area contributed by atoms with Gasteiger partial charge in [-0.3, -0.25) is 10.1 Å². The molecule has 102 valence electrons. The molecule has 0 aliphatic heterocycles. The third-order valence-corrected chi connectivity index (χ3v) is 2.94. The van der Waals surface area contributed by atoms with Crippen molar-refractivity contribution in [2.45, 2.75) is 39.3 Å². The summed E-state index contributed by atoms with van der Waals surface area (Å²) in [4.78, 5) is 13.8. The van der Waals surface area contributed by atoms with Crippen molar-refractivity contribution < 1.29 is 9.21 Å². The van der Waals surface area contributed by atoms with Gasteiger partial charge in [0, 0.05) is 25.7 Å². The molecule has 0 aromatic carbocycles. The summed E-state index contributed by atoms with van der Waals surface area (Å²) in [6, 6.07) is 1.88. The standard InChI is InChI=1S/C14H24N2O2/c1-10(2)8-13(14(17)16(4)5)15-11(3)12-6-7-18-9-12/h6-7,9-11,13,15H,8H2,1-5H3. The third kappa shape index (κ3) is 4.18. The summed E-state index contributed by atoms with van der Waals surface area (Å²) in [7, 11) is 3.58. The Hall–Kier alpha value is -1.29. The summed E-state index contributed by atoms with van der Waals surface area (Å²) >= 11 is 0. The molecule has 4 heteroatoms. The summed E-state index contributed by atoms with van der Waals surface area (Å²) in [6.45, 7) is 6.29. The van der Waals surface area contributed by atoms with Crippen LogP contribution in [0.4, 0.5) is 0 Å². The monoisotopic (exact) mass is 252 g/mol. The minimum atomic E-state index is -0.148. The molecule has 0 aliphatic carbocycles. The van der Waals surface area contributed by atoms with Gasteiger partial charge in [-0.05, 0) is 25.3 Å². The molecule has 1 heterocycles. The average molecular weight is 252 g/mol. The van der Waals surface area contributed by atoms with E-state index in [9.17, 15) is 4.79 Å². The van der Waals surface area contributed by atoms with E-state index in [1.54, 1.807) is 31.5 Å². The predicted octanol–water partition coefficient (Wildman–Crippen LogP) is 2.43. The molecule has 4 nitrogen and oxygen atoms in total. The van der Waals surface area contributed by atoms with Crippen LogP contribution in [-0.4, -0.2) is 30.9 Å². The predicted molar refractivity (Wildman–Crippen MR) is 72.2 cm³/mol. The molecular formula is C14H24N2O2. The van der Waals surface area contributed by atoms with Gasteiger partial charge in [0.05, 0.1) is 18.6 Å². The number of carbonyl (C=O) groups excluding carboxylic acids is 1. The Labute approximate surface area is 109 Å². The molecule has 1 aromatic rings. The van der Waals surface area contributed by atoms with Gasteiger partial charge in [0.2, 0.25) is 5.91 Å². The third-order valence-electron chi connectivity index (χ3n) is 2.94. The molecule has 0 radical (unpaired) electrons. The maximum absolute atomic E-state index is 12.1. The zero-order valence-corrected chi connectivity index (χ0v) is 11.9. The second-order valence-corrected chi connectivity index (χ2v) is 5.36. The van der Waals surface area contributed by atoms with Crippen LogP contribution >= 0.6 is 0 Å². The lowest BCUT2D eigenvalue weighted by atomic mass is 10.0. The van der Waals surface area contributed by atoms with Crippen LogP contribution in [-0.2, 0) is 4.79 Å². The number of furan rings is 1. The molecule has 0 saturated heterocycles. The van der Waals surface area contributed by atoms with Crippen molar-refractivity contribution in [1.29, 1.82) is 0 Å². The first-order valence-corrected chi connectivity index (χ1v) is 6.41. The summed E-state index contributed by atoms with van der Waals surface area (Å²) in [6.07, 6.45) is 4.20. The van der Waals surface area contributed by atoms with E-state index in [1.165, 1.54) is 0 Å². The number of nitrogens with one attached hydrogen (secondary N) is 1. The molecule has 18 heavy (non-hydrogen) atoms. The molecule has 0 saturated carbocycles. The van der Waals surface area contributed by atoms with E-state index in [-0.39, 0.29) is 18.0 Å². The van der Waals surface area contributed by atoms with E-state index < -0.39 is 0 Å². The van der Waals surface area contributed by atoms with E-state index >= 15 is 0 Å². The lowest BCUT2D eigenvalue weighted by Gasteiger charge is -2.26. The molecule has 0 fully saturated rings. The first-order chi connectivity index (χ1) is 8.41. The second kappa shape index (κ2) is 6.59. The highest BCUT2D eigenvalue weighted by molar-refractivity contribution is 5.81. The Morgan fingerprint density at radius 3 is 2.50 bits per heavy atom. The second-order valence-electron chi connectivity index (χ2n) is 5.36. The molecular weight excluding hydrogens is 228 g/mol. The molecule has 2 unspecified atom stereocenters. The van der Waals surface area contributed by atoms with Crippen molar-refractivity contribution in [3.63, 3.8) is 0 Å². The minimum absolute atomic E-state index is 0.108. The molecule has 1 aromatic heterocycles. The van der Waals surface area contributed by atoms with Gasteiger partial charge in [-0.2, -0.15) is 0 Å². The largest absolute Gasteiger partial charge is 0.472 e. The maximum Gasteiger partial charge on any atom is 0.239 e. The first kappa shape index (κ1) is 14.8. The lowest BCUT2D eigenvalue weighted by Crippen LogP contribution is -2.45. The maximum atomic E-state index is 12.1. The van der Waals surface area contributed by atoms with Gasteiger partial charge in [-0.15, -0.1) is 0 Å². The quantitative estimate of drug-likeness (QED) is 0.845. The fraction of sp³-hybridized carbons (Fsp3) is 0.643. The van der Waals surface area contributed by atoms with Crippen molar-refractivity contribution in [3.05, 3.63) is 24.2 Å². The highest BCUT2D eigenvalue weighted by atomic mass is 16.3. The topological polar surface area (TPSA) is 45.5 Å². The smallest absolute Gasteiger partial charge is 0.239 e. The zero-order valence-electron chi connectivity index (χ0n) is 11.9. The number of hydrogen-bond acceptors (Lipinski definition) is 3. The Morgan fingerprint density at radius 2 is 2.06 bits per heavy atom. The Kier molecular flexibility index (Phi) is 5.41. The van der Waals surface area contributed by atoms with Crippen LogP contribution in [0.1, 0.15) is 38.8 Å². The SMILES string of the molecule is CC(C)CC(NC(C)c1ccoc1)C(=O)N(C)C. The van der Waals surface area contributed by atoms with Gasteiger partial charge in [-0.25, -0.2) is 0 Å². The fourth-order valence-electron chi connectivity index (χ4n) is 1.94. The summed E-state index contributed by atoms with van der Waals surface area (Å²) in [5.74, 6) is 0.599. The van der Waals surface area contributed by atoms with Crippen molar-refractivity contribution >= 4 is 5.91 Å². The molecule has 0 aliphatic rings. The van der Waals surface area contributed by atoms with Gasteiger partial charge in [0.1, 0.15) is 0 Å². The van der Waals surface area contributed by atoms with Gasteiger partial charge in [0.15, 0.2) is 0 Å². The normalized spacial score (nSPS) is 14.6. The van der Waals surface area contributed by atoms with Gasteiger partial charge < -0.3 is 9.32 Å². The van der Waals surface area contributed by atoms with Crippen molar-refractivity contribution in [2.75, 3.05) is 14.1 Å². The van der Waals surface area contributed by atoms with Gasteiger partial charge in [0.25, 0.3) is 0 Å². The lowest BCUT2D eigenvalue weighted by molar-refractivity contribution is -0.131. The number of carbonyl (C=O) groups is 1. The van der Waals surface area contributed by atoms with Crippen LogP contribution in [0.5, 0.6) is 0 Å². The Morgan fingerprint density at radius 1 is 1.39 bits per heavy atom. The Balaban J connectivity index is 2.69. The van der Waals surface area contributed by atoms with Crippen LogP contribution in [0.2, 0.25) is 0 Å². The summed E-state index contributed by atoms with van der Waals surface area (Å²) in [5.41, 5.74) is 1.07. The van der Waals surface area contributed by atoms with E-state index in [0.717, 1.165) is 12.0 Å². The molecule has 0 bridgehead atoms. The van der Waals surface area contributed by atoms with Crippen LogP contribution in [0.25, 0.3) is 0 Å². The summed E-state index contributed by atoms with van der Waals surface area (Å²) in [5, 5.41) is 3.38. The number of likely N-dealkylation sites (N-methyl/N-ethyl adjacent to an activating group) is 1. The van der Waals surface area contributed by atoms with E-state index in [1.807, 2.05) is 13.0 Å². The van der Waals surface area contributed by atoms with Gasteiger partial charge >= 0.3 is 0 Å². The zero-order chi connectivity index (χ0) is 13.7. The molecule has 1 N–H and O–H groups in total. The number of amides is 1. The number of rotatable bonds is 6. The highest BCUT2D eigenvalue weighted by Gasteiger charge is 2.23. The van der Waals surface area contributed by atoms with Crippen LogP contribution in [0.3, 0.4) is 0 Å². The molecule has 1 amide bonds. The van der Waals surface area contributed by atoms with E-state index in [4.69, 9.17) is 4.42 Å². The van der Waals surface area contributed by atoms with Crippen LogP contribution in [0.15, 0.2) is 23.0 Å². The van der Waals surface area contributed by atoms with Crippen LogP contribution in [0, 0.1) is 5.92 Å². The van der Waals surface area contributed by atoms with Crippen molar-refractivity contribution in [2.24, 2.45) is 5.92 Å². The number of hydrogen-bond donors (Lipinski definition) is 1. The van der Waals surface area contributed by atoms with Crippen molar-refractivity contribution in [3.8, 4) is 0 Å². The molecule has 0 spiro atoms. The number of nitrogens with zero attached hydrogens (tertiary/aromatic N) is 1. The highest BCUT2D eigenvalue weighted by Crippen LogP contribution is 2.16. The average Bonchev–Trinajstić information content (AvgIpc) is 2.79. The van der Waals surface area contributed by atoms with Gasteiger partial charge in [-0.1, -0.05) is 13.8 Å². The Bertz CT molecular complexity index is 358. The fourth-order valence-corrected chi connectivity index (χ4v) is 1.94. The molecule has 2 atom stereocenters. The van der Waals surface area contributed by atoms with Crippen molar-refractivity contribution in [1.82, 2.24) is 10.2 Å².